The number of sulfonamides is 1. The smallest absolute Gasteiger partial charge is 0.249 e. The van der Waals surface area contributed by atoms with Gasteiger partial charge in [-0.15, -0.1) is 0 Å². The summed E-state index contributed by atoms with van der Waals surface area (Å²) in [6, 6.07) is 3.97. The van der Waals surface area contributed by atoms with Gasteiger partial charge in [-0.1, -0.05) is 29.0 Å². The molecule has 0 aliphatic heterocycles. The van der Waals surface area contributed by atoms with Gasteiger partial charge in [0.2, 0.25) is 10.0 Å². The molecule has 1 heterocycles. The summed E-state index contributed by atoms with van der Waals surface area (Å²) in [6.45, 7) is 0.0264. The van der Waals surface area contributed by atoms with E-state index in [9.17, 15) is 17.9 Å². The Morgan fingerprint density at radius 3 is 2.81 bits per heavy atom. The van der Waals surface area contributed by atoms with E-state index in [1.165, 1.54) is 12.1 Å². The molecular formula is C11H11ClFN3O3S2. The summed E-state index contributed by atoms with van der Waals surface area (Å²) in [5, 5.41) is 17.9. The molecule has 1 unspecified atom stereocenters. The normalized spacial score (nSPS) is 13.1. The number of hydrogen-bond donors (Lipinski definition) is 3. The maximum absolute atomic E-state index is 13.3. The summed E-state index contributed by atoms with van der Waals surface area (Å²) in [5.41, 5.74) is 0.340. The van der Waals surface area contributed by atoms with Crippen LogP contribution in [0.25, 0.3) is 0 Å². The molecule has 0 aliphatic carbocycles. The van der Waals surface area contributed by atoms with E-state index < -0.39 is 21.9 Å². The van der Waals surface area contributed by atoms with Crippen LogP contribution in [0.5, 0.6) is 0 Å². The van der Waals surface area contributed by atoms with E-state index in [0.29, 0.717) is 5.56 Å². The zero-order valence-electron chi connectivity index (χ0n) is 10.5. The van der Waals surface area contributed by atoms with Crippen LogP contribution in [0.3, 0.4) is 0 Å². The van der Waals surface area contributed by atoms with Crippen LogP contribution < -0.4 is 10.5 Å². The van der Waals surface area contributed by atoms with Crippen LogP contribution in [-0.2, 0) is 10.0 Å². The molecule has 6 nitrogen and oxygen atoms in total. The molecule has 0 saturated heterocycles. The Bertz CT molecular complexity index is 751. The van der Waals surface area contributed by atoms with Crippen LogP contribution in [0, 0.1) is 5.82 Å². The van der Waals surface area contributed by atoms with Gasteiger partial charge in [0.05, 0.1) is 17.3 Å². The summed E-state index contributed by atoms with van der Waals surface area (Å²) in [5.74, 6) is -0.626. The molecule has 21 heavy (non-hydrogen) atoms. The lowest BCUT2D eigenvalue weighted by Crippen LogP contribution is -2.12. The minimum absolute atomic E-state index is 0.0264. The van der Waals surface area contributed by atoms with Gasteiger partial charge in [0, 0.05) is 6.54 Å². The summed E-state index contributed by atoms with van der Waals surface area (Å²) < 4.78 is 35.4. The van der Waals surface area contributed by atoms with Gasteiger partial charge in [-0.2, -0.15) is 0 Å². The van der Waals surface area contributed by atoms with Gasteiger partial charge in [-0.3, -0.25) is 0 Å². The Morgan fingerprint density at radius 1 is 1.52 bits per heavy atom. The number of nitrogens with one attached hydrogen (secondary N) is 1. The zero-order valence-corrected chi connectivity index (χ0v) is 12.8. The van der Waals surface area contributed by atoms with E-state index in [0.717, 1.165) is 23.6 Å². The van der Waals surface area contributed by atoms with E-state index in [1.54, 1.807) is 0 Å². The lowest BCUT2D eigenvalue weighted by molar-refractivity contribution is 0.191. The minimum atomic E-state index is -3.79. The van der Waals surface area contributed by atoms with Gasteiger partial charge in [0.25, 0.3) is 0 Å². The van der Waals surface area contributed by atoms with Crippen LogP contribution in [0.4, 0.5) is 9.52 Å². The lowest BCUT2D eigenvalue weighted by atomic mass is 10.1. The Kier molecular flexibility index (Phi) is 4.79. The SMILES string of the molecule is NS(=O)(=O)c1cnc(NCC(O)c2ccc(Cl)c(F)c2)s1. The average Bonchev–Trinajstić information content (AvgIpc) is 2.88. The van der Waals surface area contributed by atoms with Gasteiger partial charge in [0.1, 0.15) is 5.82 Å². The molecule has 1 atom stereocenters. The summed E-state index contributed by atoms with van der Waals surface area (Å²) in [6.07, 6.45) is 0.120. The van der Waals surface area contributed by atoms with Crippen molar-refractivity contribution in [3.05, 3.63) is 40.8 Å². The second-order valence-electron chi connectivity index (χ2n) is 4.10. The largest absolute Gasteiger partial charge is 0.387 e. The van der Waals surface area contributed by atoms with E-state index in [2.05, 4.69) is 10.3 Å². The number of rotatable bonds is 5. The van der Waals surface area contributed by atoms with Gasteiger partial charge in [-0.25, -0.2) is 22.9 Å². The Balaban J connectivity index is 2.02. The summed E-state index contributed by atoms with van der Waals surface area (Å²) in [4.78, 5) is 3.82. The van der Waals surface area contributed by atoms with E-state index in [1.807, 2.05) is 0 Å². The number of nitrogens with zero attached hydrogens (tertiary/aromatic N) is 1. The Hall–Kier alpha value is -1.26. The fourth-order valence-electron chi connectivity index (χ4n) is 1.49. The zero-order chi connectivity index (χ0) is 15.6. The summed E-state index contributed by atoms with van der Waals surface area (Å²) in [7, 11) is -3.79. The third-order valence-corrected chi connectivity index (χ3v) is 5.21. The molecule has 0 aliphatic rings. The molecule has 0 bridgehead atoms. The van der Waals surface area contributed by atoms with Crippen molar-refractivity contribution in [3.8, 4) is 0 Å². The van der Waals surface area contributed by atoms with Crippen LogP contribution >= 0.6 is 22.9 Å². The van der Waals surface area contributed by atoms with Crippen molar-refractivity contribution in [1.82, 2.24) is 4.98 Å². The number of aliphatic hydroxyl groups is 1. The molecule has 10 heteroatoms. The first-order valence-electron chi connectivity index (χ1n) is 5.63. The predicted octanol–water partition coefficient (Wildman–Crippen LogP) is 1.73. The van der Waals surface area contributed by atoms with Gasteiger partial charge in [-0.05, 0) is 17.7 Å². The highest BCUT2D eigenvalue weighted by molar-refractivity contribution is 7.91. The average molecular weight is 352 g/mol. The fraction of sp³-hybridized carbons (Fsp3) is 0.182. The predicted molar refractivity (Wildman–Crippen MR) is 78.3 cm³/mol. The number of hydrogen-bond acceptors (Lipinski definition) is 6. The van der Waals surface area contributed by atoms with Gasteiger partial charge < -0.3 is 10.4 Å². The number of aliphatic hydroxyl groups excluding tert-OH is 1. The fourth-order valence-corrected chi connectivity index (χ4v) is 3.07. The highest BCUT2D eigenvalue weighted by atomic mass is 35.5. The third-order valence-electron chi connectivity index (χ3n) is 2.54. The molecule has 1 aromatic carbocycles. The van der Waals surface area contributed by atoms with Crippen molar-refractivity contribution in [2.45, 2.75) is 10.3 Å². The van der Waals surface area contributed by atoms with Crippen molar-refractivity contribution in [2.24, 2.45) is 5.14 Å². The summed E-state index contributed by atoms with van der Waals surface area (Å²) >= 11 is 6.40. The first-order chi connectivity index (χ1) is 9.77. The topological polar surface area (TPSA) is 105 Å². The molecule has 2 aromatic rings. The molecule has 0 spiro atoms. The molecule has 1 aromatic heterocycles. The molecule has 2 rings (SSSR count). The van der Waals surface area contributed by atoms with Crippen LogP contribution in [-0.4, -0.2) is 25.1 Å². The maximum atomic E-state index is 13.3. The second kappa shape index (κ2) is 6.24. The van der Waals surface area contributed by atoms with Crippen LogP contribution in [0.2, 0.25) is 5.02 Å². The highest BCUT2D eigenvalue weighted by Gasteiger charge is 2.14. The molecule has 0 amide bonds. The monoisotopic (exact) mass is 351 g/mol. The number of thiazole rings is 1. The molecule has 0 saturated carbocycles. The van der Waals surface area contributed by atoms with E-state index in [4.69, 9.17) is 16.7 Å². The number of nitrogens with two attached hydrogens (primary N) is 1. The van der Waals surface area contributed by atoms with Crippen molar-refractivity contribution in [2.75, 3.05) is 11.9 Å². The van der Waals surface area contributed by atoms with Crippen LogP contribution in [0.1, 0.15) is 11.7 Å². The molecule has 4 N–H and O–H groups in total. The minimum Gasteiger partial charge on any atom is -0.387 e. The first-order valence-corrected chi connectivity index (χ1v) is 8.37. The maximum Gasteiger partial charge on any atom is 0.249 e. The quantitative estimate of drug-likeness (QED) is 0.760. The molecule has 0 fully saturated rings. The molecule has 114 valence electrons. The van der Waals surface area contributed by atoms with E-state index >= 15 is 0 Å². The van der Waals surface area contributed by atoms with Crippen molar-refractivity contribution < 1.29 is 17.9 Å². The second-order valence-corrected chi connectivity index (χ2v) is 7.33. The number of anilines is 1. The first kappa shape index (κ1) is 16.1. The van der Waals surface area contributed by atoms with Crippen molar-refractivity contribution in [1.29, 1.82) is 0 Å². The van der Waals surface area contributed by atoms with E-state index in [-0.39, 0.29) is 20.9 Å². The van der Waals surface area contributed by atoms with Crippen molar-refractivity contribution in [3.63, 3.8) is 0 Å². The standard InChI is InChI=1S/C11H11ClFN3O3S2/c12-7-2-1-6(3-8(7)13)9(17)4-15-11-16-5-10(20-11)21(14,18)19/h1-3,5,9,17H,4H2,(H,15,16)(H2,14,18,19). The van der Waals surface area contributed by atoms with Gasteiger partial charge in [0.15, 0.2) is 9.34 Å². The van der Waals surface area contributed by atoms with Crippen LogP contribution in [0.15, 0.2) is 28.6 Å². The van der Waals surface area contributed by atoms with Gasteiger partial charge >= 0.3 is 0 Å². The third kappa shape index (κ3) is 4.11. The lowest BCUT2D eigenvalue weighted by Gasteiger charge is -2.11. The number of halogens is 2. The number of primary sulfonamides is 1. The molecular weight excluding hydrogens is 341 g/mol. The number of aromatic nitrogens is 1. The Morgan fingerprint density at radius 2 is 2.24 bits per heavy atom. The highest BCUT2D eigenvalue weighted by Crippen LogP contribution is 2.24. The molecule has 0 radical (unpaired) electrons. The Labute approximate surface area is 129 Å². The number of benzene rings is 1. The van der Waals surface area contributed by atoms with Crippen molar-refractivity contribution >= 4 is 38.1 Å².